The third kappa shape index (κ3) is 44.6. The van der Waals surface area contributed by atoms with E-state index >= 15 is 0 Å². The third-order valence-corrected chi connectivity index (χ3v) is 11.1. The van der Waals surface area contributed by atoms with Gasteiger partial charge in [-0.3, -0.25) is 14.4 Å². The van der Waals surface area contributed by atoms with Gasteiger partial charge >= 0.3 is 11.9 Å². The number of nitrogens with one attached hydrogen (secondary N) is 1. The number of hydrogen-bond donors (Lipinski definition) is 2. The van der Waals surface area contributed by atoms with Crippen molar-refractivity contribution in [3.63, 3.8) is 0 Å². The van der Waals surface area contributed by atoms with Gasteiger partial charge < -0.3 is 15.2 Å². The second-order valence-electron chi connectivity index (χ2n) is 16.7. The molecule has 0 aliphatic carbocycles. The number of aliphatic carboxylic acids is 1. The molecule has 0 fully saturated rings. The van der Waals surface area contributed by atoms with E-state index < -0.39 is 5.97 Å². The van der Waals surface area contributed by atoms with E-state index in [0.717, 1.165) is 77.0 Å². The van der Waals surface area contributed by atoms with Gasteiger partial charge in [-0.25, -0.2) is 0 Å². The standard InChI is InChI=1S/C50H93NO5/c1-3-5-7-9-11-13-15-16-17-18-19-20-21-22-23-24-25-26-28-30-32-37-41-45-50(55)56-47(42-38-34-31-29-27-14-12-10-8-6-4-2)43-39-35-33-36-40-44-48(52)51-46-49(53)54/h12,14,29,31,47H,3-11,13,15-28,30,32-46H2,1-2H3,(H,51,52)(H,53,54)/b14-12-,31-29-. The Morgan fingerprint density at radius 3 is 1.30 bits per heavy atom. The number of allylic oxidation sites excluding steroid dienone is 4. The molecule has 0 spiro atoms. The van der Waals surface area contributed by atoms with E-state index in [1.165, 1.54) is 161 Å². The van der Waals surface area contributed by atoms with Crippen molar-refractivity contribution >= 4 is 17.8 Å². The number of unbranched alkanes of at least 4 members (excludes halogenated alkanes) is 30. The summed E-state index contributed by atoms with van der Waals surface area (Å²) in [6, 6.07) is 0. The lowest BCUT2D eigenvalue weighted by atomic mass is 10.0. The molecule has 0 aromatic rings. The fraction of sp³-hybridized carbons (Fsp3) is 0.860. The Labute approximate surface area is 347 Å². The highest BCUT2D eigenvalue weighted by molar-refractivity contribution is 5.80. The van der Waals surface area contributed by atoms with Crippen LogP contribution >= 0.6 is 0 Å². The number of amides is 1. The van der Waals surface area contributed by atoms with Gasteiger partial charge in [0.05, 0.1) is 0 Å². The summed E-state index contributed by atoms with van der Waals surface area (Å²) in [4.78, 5) is 35.1. The predicted octanol–water partition coefficient (Wildman–Crippen LogP) is 15.5. The highest BCUT2D eigenvalue weighted by Crippen LogP contribution is 2.19. The molecule has 1 unspecified atom stereocenters. The summed E-state index contributed by atoms with van der Waals surface area (Å²) in [5.74, 6) is -1.25. The van der Waals surface area contributed by atoms with Crippen LogP contribution in [0.1, 0.15) is 264 Å². The minimum atomic E-state index is -1.02. The second kappa shape index (κ2) is 45.6. The van der Waals surface area contributed by atoms with Crippen LogP contribution in [0.5, 0.6) is 0 Å². The van der Waals surface area contributed by atoms with Gasteiger partial charge in [0.15, 0.2) is 0 Å². The minimum Gasteiger partial charge on any atom is -0.480 e. The van der Waals surface area contributed by atoms with Gasteiger partial charge in [-0.05, 0) is 64.2 Å². The van der Waals surface area contributed by atoms with Gasteiger partial charge in [0.25, 0.3) is 0 Å². The third-order valence-electron chi connectivity index (χ3n) is 11.1. The highest BCUT2D eigenvalue weighted by atomic mass is 16.5. The van der Waals surface area contributed by atoms with E-state index in [-0.39, 0.29) is 24.5 Å². The quantitative estimate of drug-likeness (QED) is 0.0364. The van der Waals surface area contributed by atoms with Gasteiger partial charge in [-0.1, -0.05) is 212 Å². The first-order valence-corrected chi connectivity index (χ1v) is 24.5. The summed E-state index contributed by atoms with van der Waals surface area (Å²) >= 11 is 0. The lowest BCUT2D eigenvalue weighted by Gasteiger charge is -2.18. The van der Waals surface area contributed by atoms with Crippen LogP contribution in [0.3, 0.4) is 0 Å². The number of hydrogen-bond acceptors (Lipinski definition) is 4. The number of carboxylic acid groups (broad SMARTS) is 1. The largest absolute Gasteiger partial charge is 0.480 e. The first-order chi connectivity index (χ1) is 27.5. The normalized spacial score (nSPS) is 12.2. The van der Waals surface area contributed by atoms with Gasteiger partial charge in [-0.2, -0.15) is 0 Å². The summed E-state index contributed by atoms with van der Waals surface area (Å²) in [6.07, 6.45) is 56.1. The molecule has 0 aromatic carbocycles. The first kappa shape index (κ1) is 53.9. The Balaban J connectivity index is 3.99. The number of carbonyl (C=O) groups is 3. The number of rotatable bonds is 45. The lowest BCUT2D eigenvalue weighted by Crippen LogP contribution is -2.28. The van der Waals surface area contributed by atoms with Crippen molar-refractivity contribution in [2.75, 3.05) is 6.54 Å². The Morgan fingerprint density at radius 1 is 0.464 bits per heavy atom. The van der Waals surface area contributed by atoms with E-state index in [1.807, 2.05) is 0 Å². The maximum atomic E-state index is 12.8. The Hall–Kier alpha value is -2.11. The van der Waals surface area contributed by atoms with E-state index in [0.29, 0.717) is 12.8 Å². The van der Waals surface area contributed by atoms with Crippen LogP contribution in [0.2, 0.25) is 0 Å². The molecule has 1 atom stereocenters. The molecule has 2 N–H and O–H groups in total. The number of ether oxygens (including phenoxy) is 1. The predicted molar refractivity (Wildman–Crippen MR) is 240 cm³/mol. The molecule has 0 aliphatic heterocycles. The molecular weight excluding hydrogens is 695 g/mol. The van der Waals surface area contributed by atoms with Crippen LogP contribution in [-0.2, 0) is 19.1 Å². The zero-order valence-corrected chi connectivity index (χ0v) is 37.3. The molecule has 328 valence electrons. The molecule has 0 aromatic heterocycles. The van der Waals surface area contributed by atoms with Crippen molar-refractivity contribution < 1.29 is 24.2 Å². The fourth-order valence-corrected chi connectivity index (χ4v) is 7.49. The van der Waals surface area contributed by atoms with E-state index in [2.05, 4.69) is 43.5 Å². The average molecular weight is 788 g/mol. The van der Waals surface area contributed by atoms with Crippen molar-refractivity contribution in [3.05, 3.63) is 24.3 Å². The lowest BCUT2D eigenvalue weighted by molar-refractivity contribution is -0.150. The number of carbonyl (C=O) groups excluding carboxylic acids is 2. The Kier molecular flexibility index (Phi) is 43.9. The van der Waals surface area contributed by atoms with Crippen molar-refractivity contribution in [1.82, 2.24) is 5.32 Å². The van der Waals surface area contributed by atoms with Crippen LogP contribution in [0.4, 0.5) is 0 Å². The minimum absolute atomic E-state index is 0.0132. The molecule has 0 saturated carbocycles. The van der Waals surface area contributed by atoms with Crippen molar-refractivity contribution in [1.29, 1.82) is 0 Å². The molecule has 0 saturated heterocycles. The molecule has 6 heteroatoms. The summed E-state index contributed by atoms with van der Waals surface area (Å²) in [6.45, 7) is 4.22. The van der Waals surface area contributed by atoms with Crippen molar-refractivity contribution in [2.24, 2.45) is 0 Å². The number of carboxylic acids is 1. The van der Waals surface area contributed by atoms with Crippen LogP contribution in [0.25, 0.3) is 0 Å². The van der Waals surface area contributed by atoms with Gasteiger partial charge in [0.2, 0.25) is 5.91 Å². The van der Waals surface area contributed by atoms with Gasteiger partial charge in [0, 0.05) is 12.8 Å². The second-order valence-corrected chi connectivity index (χ2v) is 16.7. The molecule has 0 rings (SSSR count). The van der Waals surface area contributed by atoms with Gasteiger partial charge in [-0.15, -0.1) is 0 Å². The fourth-order valence-electron chi connectivity index (χ4n) is 7.49. The summed E-state index contributed by atoms with van der Waals surface area (Å²) < 4.78 is 6.02. The maximum Gasteiger partial charge on any atom is 0.322 e. The highest BCUT2D eigenvalue weighted by Gasteiger charge is 2.14. The molecule has 0 aliphatic rings. The van der Waals surface area contributed by atoms with E-state index in [4.69, 9.17) is 9.84 Å². The molecule has 0 heterocycles. The van der Waals surface area contributed by atoms with Crippen LogP contribution in [0, 0.1) is 0 Å². The molecule has 56 heavy (non-hydrogen) atoms. The molecule has 6 nitrogen and oxygen atoms in total. The first-order valence-electron chi connectivity index (χ1n) is 24.5. The summed E-state index contributed by atoms with van der Waals surface area (Å²) in [5, 5.41) is 11.1. The Morgan fingerprint density at radius 2 is 0.839 bits per heavy atom. The van der Waals surface area contributed by atoms with Crippen LogP contribution in [0.15, 0.2) is 24.3 Å². The smallest absolute Gasteiger partial charge is 0.322 e. The van der Waals surface area contributed by atoms with Crippen molar-refractivity contribution in [3.8, 4) is 0 Å². The SMILES string of the molecule is CCCCC/C=C\C/C=C\CCCC(CCCCCCCC(=O)NCC(=O)O)OC(=O)CCCCCCCCCCCCCCCCCCCCCCCCC. The summed E-state index contributed by atoms with van der Waals surface area (Å²) in [5.41, 5.74) is 0. The Bertz CT molecular complexity index is 915. The molecule has 1 amide bonds. The zero-order valence-electron chi connectivity index (χ0n) is 37.3. The van der Waals surface area contributed by atoms with Gasteiger partial charge in [0.1, 0.15) is 12.6 Å². The molecule has 0 radical (unpaired) electrons. The zero-order chi connectivity index (χ0) is 40.8. The van der Waals surface area contributed by atoms with E-state index in [1.54, 1.807) is 0 Å². The molecular formula is C50H93NO5. The van der Waals surface area contributed by atoms with Crippen molar-refractivity contribution in [2.45, 2.75) is 270 Å². The van der Waals surface area contributed by atoms with Crippen LogP contribution < -0.4 is 5.32 Å². The monoisotopic (exact) mass is 788 g/mol. The average Bonchev–Trinajstić information content (AvgIpc) is 3.18. The maximum absolute atomic E-state index is 12.8. The summed E-state index contributed by atoms with van der Waals surface area (Å²) in [7, 11) is 0. The van der Waals surface area contributed by atoms with E-state index in [9.17, 15) is 14.4 Å². The number of esters is 1. The topological polar surface area (TPSA) is 92.7 Å². The molecule has 0 bridgehead atoms. The van der Waals surface area contributed by atoms with Crippen LogP contribution in [-0.4, -0.2) is 35.6 Å².